The third-order valence-electron chi connectivity index (χ3n) is 3.94. The summed E-state index contributed by atoms with van der Waals surface area (Å²) in [5.74, 6) is 0.892. The minimum atomic E-state index is -0.238. The average Bonchev–Trinajstić information content (AvgIpc) is 2.26. The molecule has 1 saturated heterocycles. The Morgan fingerprint density at radius 1 is 1.25 bits per heavy atom. The van der Waals surface area contributed by atoms with Gasteiger partial charge in [-0.2, -0.15) is 0 Å². The van der Waals surface area contributed by atoms with Crippen molar-refractivity contribution in [2.75, 3.05) is 33.0 Å². The third kappa shape index (κ3) is 3.05. The number of piperidine rings is 1. The highest BCUT2D eigenvalue weighted by molar-refractivity contribution is 5.25. The molecule has 0 atom stereocenters. The number of likely N-dealkylation sites (tertiary alicyclic amines) is 1. The van der Waals surface area contributed by atoms with E-state index in [2.05, 4.69) is 17.1 Å². The summed E-state index contributed by atoms with van der Waals surface area (Å²) in [5, 5.41) is 3.44. The summed E-state index contributed by atoms with van der Waals surface area (Å²) in [6.45, 7) is 6.38. The molecule has 2 aliphatic rings. The van der Waals surface area contributed by atoms with E-state index in [9.17, 15) is 4.39 Å². The molecule has 0 bridgehead atoms. The molecule has 1 heterocycles. The van der Waals surface area contributed by atoms with Crippen LogP contribution in [-0.4, -0.2) is 37.9 Å². The van der Waals surface area contributed by atoms with Crippen LogP contribution >= 0.6 is 0 Å². The standard InChI is InChI=1S/C13H23FN2/c1-11-4-6-16(7-5-11)10-15-9-13-3-2-12(13)8-14/h11,15H,2-10H2,1H3. The van der Waals surface area contributed by atoms with E-state index in [1.54, 1.807) is 0 Å². The third-order valence-corrected chi connectivity index (χ3v) is 3.94. The summed E-state index contributed by atoms with van der Waals surface area (Å²) in [7, 11) is 0. The number of hydrogen-bond donors (Lipinski definition) is 1. The second kappa shape index (κ2) is 5.78. The first-order valence-electron chi connectivity index (χ1n) is 6.48. The number of halogens is 1. The first-order chi connectivity index (χ1) is 7.79. The quantitative estimate of drug-likeness (QED) is 0.724. The molecule has 1 N–H and O–H groups in total. The Hall–Kier alpha value is -0.410. The molecule has 1 aliphatic heterocycles. The molecule has 2 rings (SSSR count). The molecule has 0 aromatic carbocycles. The Balaban J connectivity index is 1.61. The number of hydrogen-bond acceptors (Lipinski definition) is 2. The van der Waals surface area contributed by atoms with E-state index in [4.69, 9.17) is 0 Å². The molecular weight excluding hydrogens is 203 g/mol. The molecule has 0 unspecified atom stereocenters. The van der Waals surface area contributed by atoms with Crippen molar-refractivity contribution >= 4 is 0 Å². The second-order valence-corrected chi connectivity index (χ2v) is 5.23. The summed E-state index contributed by atoms with van der Waals surface area (Å²) >= 11 is 0. The highest BCUT2D eigenvalue weighted by Crippen LogP contribution is 2.27. The van der Waals surface area contributed by atoms with E-state index in [1.807, 2.05) is 0 Å². The maximum Gasteiger partial charge on any atom is 0.111 e. The predicted octanol–water partition coefficient (Wildman–Crippen LogP) is 2.33. The fraction of sp³-hybridized carbons (Fsp3) is 0.846. The SMILES string of the molecule is CC1CCN(CNCC2=C(CF)CC2)CC1. The fourth-order valence-corrected chi connectivity index (χ4v) is 2.44. The minimum Gasteiger partial charge on any atom is -0.301 e. The van der Waals surface area contributed by atoms with Gasteiger partial charge in [-0.25, -0.2) is 4.39 Å². The van der Waals surface area contributed by atoms with E-state index in [0.29, 0.717) is 0 Å². The highest BCUT2D eigenvalue weighted by Gasteiger charge is 2.18. The lowest BCUT2D eigenvalue weighted by molar-refractivity contribution is 0.181. The van der Waals surface area contributed by atoms with Gasteiger partial charge in [-0.15, -0.1) is 0 Å². The second-order valence-electron chi connectivity index (χ2n) is 5.23. The molecule has 0 aromatic heterocycles. The summed E-state index contributed by atoms with van der Waals surface area (Å²) in [4.78, 5) is 2.47. The van der Waals surface area contributed by atoms with Crippen molar-refractivity contribution in [1.82, 2.24) is 10.2 Å². The molecule has 0 saturated carbocycles. The number of nitrogens with zero attached hydrogens (tertiary/aromatic N) is 1. The topological polar surface area (TPSA) is 15.3 Å². The molecule has 0 amide bonds. The summed E-state index contributed by atoms with van der Waals surface area (Å²) in [6, 6.07) is 0. The smallest absolute Gasteiger partial charge is 0.111 e. The lowest BCUT2D eigenvalue weighted by atomic mass is 9.89. The normalized spacial score (nSPS) is 23.6. The first-order valence-corrected chi connectivity index (χ1v) is 6.48. The summed E-state index contributed by atoms with van der Waals surface area (Å²) in [5.41, 5.74) is 2.35. The van der Waals surface area contributed by atoms with E-state index in [0.717, 1.165) is 37.5 Å². The number of nitrogens with one attached hydrogen (secondary N) is 1. The van der Waals surface area contributed by atoms with Crippen LogP contribution < -0.4 is 5.32 Å². The van der Waals surface area contributed by atoms with Gasteiger partial charge in [-0.05, 0) is 50.3 Å². The van der Waals surface area contributed by atoms with Gasteiger partial charge in [-0.1, -0.05) is 12.5 Å². The zero-order chi connectivity index (χ0) is 11.4. The van der Waals surface area contributed by atoms with Crippen LogP contribution in [0.2, 0.25) is 0 Å². The van der Waals surface area contributed by atoms with Crippen LogP contribution in [-0.2, 0) is 0 Å². The molecule has 2 nitrogen and oxygen atoms in total. The van der Waals surface area contributed by atoms with Crippen LogP contribution in [0.4, 0.5) is 4.39 Å². The summed E-state index contributed by atoms with van der Waals surface area (Å²) in [6.07, 6.45) is 4.72. The van der Waals surface area contributed by atoms with Gasteiger partial charge in [-0.3, -0.25) is 4.90 Å². The van der Waals surface area contributed by atoms with E-state index in [1.165, 1.54) is 31.5 Å². The monoisotopic (exact) mass is 226 g/mol. The van der Waals surface area contributed by atoms with Gasteiger partial charge in [0.15, 0.2) is 0 Å². The Labute approximate surface area is 97.9 Å². The molecule has 0 spiro atoms. The van der Waals surface area contributed by atoms with Crippen LogP contribution in [0.25, 0.3) is 0 Å². The highest BCUT2D eigenvalue weighted by atomic mass is 19.1. The van der Waals surface area contributed by atoms with Crippen molar-refractivity contribution in [3.63, 3.8) is 0 Å². The lowest BCUT2D eigenvalue weighted by Gasteiger charge is -2.31. The Morgan fingerprint density at radius 3 is 2.50 bits per heavy atom. The van der Waals surface area contributed by atoms with Crippen molar-refractivity contribution in [3.05, 3.63) is 11.1 Å². The Bertz CT molecular complexity index is 255. The molecule has 0 aromatic rings. The fourth-order valence-electron chi connectivity index (χ4n) is 2.44. The molecule has 16 heavy (non-hydrogen) atoms. The van der Waals surface area contributed by atoms with Crippen molar-refractivity contribution in [2.24, 2.45) is 5.92 Å². The van der Waals surface area contributed by atoms with Crippen LogP contribution in [0, 0.1) is 5.92 Å². The predicted molar refractivity (Wildman–Crippen MR) is 65.1 cm³/mol. The van der Waals surface area contributed by atoms with E-state index in [-0.39, 0.29) is 6.67 Å². The largest absolute Gasteiger partial charge is 0.301 e. The van der Waals surface area contributed by atoms with E-state index < -0.39 is 0 Å². The molecular formula is C13H23FN2. The van der Waals surface area contributed by atoms with Gasteiger partial charge in [0.2, 0.25) is 0 Å². The lowest BCUT2D eigenvalue weighted by Crippen LogP contribution is -2.40. The molecule has 1 fully saturated rings. The zero-order valence-electron chi connectivity index (χ0n) is 10.3. The molecule has 1 aliphatic carbocycles. The van der Waals surface area contributed by atoms with Crippen molar-refractivity contribution in [3.8, 4) is 0 Å². The van der Waals surface area contributed by atoms with Gasteiger partial charge >= 0.3 is 0 Å². The number of alkyl halides is 1. The molecule has 3 heteroatoms. The number of rotatable bonds is 5. The van der Waals surface area contributed by atoms with Crippen LogP contribution in [0.3, 0.4) is 0 Å². The molecule has 92 valence electrons. The van der Waals surface area contributed by atoms with Gasteiger partial charge in [0, 0.05) is 13.2 Å². The van der Waals surface area contributed by atoms with Gasteiger partial charge in [0.05, 0.1) is 0 Å². The maximum atomic E-state index is 12.4. The number of allylic oxidation sites excluding steroid dienone is 1. The van der Waals surface area contributed by atoms with Crippen molar-refractivity contribution < 1.29 is 4.39 Å². The van der Waals surface area contributed by atoms with Crippen molar-refractivity contribution in [1.29, 1.82) is 0 Å². The van der Waals surface area contributed by atoms with Crippen molar-refractivity contribution in [2.45, 2.75) is 32.6 Å². The van der Waals surface area contributed by atoms with Gasteiger partial charge in [0.25, 0.3) is 0 Å². The maximum absolute atomic E-state index is 12.4. The van der Waals surface area contributed by atoms with Gasteiger partial charge < -0.3 is 5.32 Å². The van der Waals surface area contributed by atoms with Crippen LogP contribution in [0.1, 0.15) is 32.6 Å². The first kappa shape index (κ1) is 12.1. The average molecular weight is 226 g/mol. The van der Waals surface area contributed by atoms with Crippen LogP contribution in [0.15, 0.2) is 11.1 Å². The summed E-state index contributed by atoms with van der Waals surface area (Å²) < 4.78 is 12.4. The van der Waals surface area contributed by atoms with Gasteiger partial charge in [0.1, 0.15) is 6.67 Å². The zero-order valence-corrected chi connectivity index (χ0v) is 10.3. The van der Waals surface area contributed by atoms with Crippen LogP contribution in [0.5, 0.6) is 0 Å². The Morgan fingerprint density at radius 2 is 1.94 bits per heavy atom. The molecule has 0 radical (unpaired) electrons. The van der Waals surface area contributed by atoms with E-state index >= 15 is 0 Å². The Kier molecular flexibility index (Phi) is 4.36. The minimum absolute atomic E-state index is 0.238.